The lowest BCUT2D eigenvalue weighted by molar-refractivity contribution is 0.413. The highest BCUT2D eigenvalue weighted by molar-refractivity contribution is 7.12. The lowest BCUT2D eigenvalue weighted by atomic mass is 10.0. The molecule has 0 spiro atoms. The minimum atomic E-state index is 0.544. The lowest BCUT2D eigenvalue weighted by Crippen LogP contribution is -2.26. The van der Waals surface area contributed by atoms with Crippen LogP contribution in [0.5, 0.6) is 0 Å². The SMILES string of the molecule is CCC(C)CC(C)NCc1ccc(C#N)s1. The van der Waals surface area contributed by atoms with Gasteiger partial charge >= 0.3 is 0 Å². The maximum Gasteiger partial charge on any atom is 0.110 e. The molecule has 1 N–H and O–H groups in total. The standard InChI is InChI=1S/C13H20N2S/c1-4-10(2)7-11(3)15-9-13-6-5-12(8-14)16-13/h5-6,10-11,15H,4,7,9H2,1-3H3. The quantitative estimate of drug-likeness (QED) is 0.820. The van der Waals surface area contributed by atoms with Crippen molar-refractivity contribution in [3.05, 3.63) is 21.9 Å². The predicted molar refractivity (Wildman–Crippen MR) is 69.4 cm³/mol. The molecule has 2 unspecified atom stereocenters. The van der Waals surface area contributed by atoms with Gasteiger partial charge in [-0.15, -0.1) is 11.3 Å². The number of hydrogen-bond acceptors (Lipinski definition) is 3. The van der Waals surface area contributed by atoms with Gasteiger partial charge in [0.2, 0.25) is 0 Å². The smallest absolute Gasteiger partial charge is 0.110 e. The Morgan fingerprint density at radius 1 is 1.44 bits per heavy atom. The van der Waals surface area contributed by atoms with Crippen LogP contribution in [-0.4, -0.2) is 6.04 Å². The van der Waals surface area contributed by atoms with E-state index in [0.717, 1.165) is 17.3 Å². The van der Waals surface area contributed by atoms with Crippen LogP contribution in [0.2, 0.25) is 0 Å². The Hall–Kier alpha value is -0.850. The van der Waals surface area contributed by atoms with Gasteiger partial charge in [0, 0.05) is 17.5 Å². The van der Waals surface area contributed by atoms with E-state index in [0.29, 0.717) is 6.04 Å². The maximum absolute atomic E-state index is 8.72. The molecule has 0 radical (unpaired) electrons. The van der Waals surface area contributed by atoms with Gasteiger partial charge in [0.15, 0.2) is 0 Å². The molecule has 1 heterocycles. The highest BCUT2D eigenvalue weighted by atomic mass is 32.1. The summed E-state index contributed by atoms with van der Waals surface area (Å²) in [6.45, 7) is 7.63. The maximum atomic E-state index is 8.72. The van der Waals surface area contributed by atoms with Crippen molar-refractivity contribution in [2.75, 3.05) is 0 Å². The average molecular weight is 236 g/mol. The summed E-state index contributed by atoms with van der Waals surface area (Å²) in [6, 6.07) is 6.63. The molecule has 0 aliphatic heterocycles. The Labute approximate surface area is 102 Å². The van der Waals surface area contributed by atoms with Crippen LogP contribution in [0.4, 0.5) is 0 Å². The molecule has 1 rings (SSSR count). The van der Waals surface area contributed by atoms with Gasteiger partial charge in [0.1, 0.15) is 10.9 Å². The number of nitriles is 1. The van der Waals surface area contributed by atoms with Crippen molar-refractivity contribution in [1.29, 1.82) is 5.26 Å². The van der Waals surface area contributed by atoms with Crippen molar-refractivity contribution in [2.45, 2.75) is 46.2 Å². The zero-order chi connectivity index (χ0) is 12.0. The highest BCUT2D eigenvalue weighted by Crippen LogP contribution is 2.16. The first-order valence-corrected chi connectivity index (χ1v) is 6.69. The van der Waals surface area contributed by atoms with Crippen molar-refractivity contribution in [3.63, 3.8) is 0 Å². The fourth-order valence-corrected chi connectivity index (χ4v) is 2.42. The van der Waals surface area contributed by atoms with Crippen LogP contribution < -0.4 is 5.32 Å². The Kier molecular flexibility index (Phi) is 5.51. The second-order valence-corrected chi connectivity index (χ2v) is 5.58. The first-order chi connectivity index (χ1) is 7.65. The van der Waals surface area contributed by atoms with E-state index in [2.05, 4.69) is 32.2 Å². The summed E-state index contributed by atoms with van der Waals surface area (Å²) in [5, 5.41) is 12.2. The molecule has 0 aliphatic rings. The molecule has 1 aromatic heterocycles. The second-order valence-electron chi connectivity index (χ2n) is 4.41. The lowest BCUT2D eigenvalue weighted by Gasteiger charge is -2.16. The molecular weight excluding hydrogens is 216 g/mol. The zero-order valence-corrected chi connectivity index (χ0v) is 11.1. The molecule has 2 atom stereocenters. The van der Waals surface area contributed by atoms with Gasteiger partial charge in [-0.3, -0.25) is 0 Å². The summed E-state index contributed by atoms with van der Waals surface area (Å²) in [7, 11) is 0. The molecule has 3 heteroatoms. The normalized spacial score (nSPS) is 14.4. The number of nitrogens with one attached hydrogen (secondary N) is 1. The van der Waals surface area contributed by atoms with Gasteiger partial charge in [-0.25, -0.2) is 0 Å². The first kappa shape index (κ1) is 13.2. The molecule has 88 valence electrons. The summed E-state index contributed by atoms with van der Waals surface area (Å²) in [5.74, 6) is 0.778. The van der Waals surface area contributed by atoms with E-state index in [9.17, 15) is 0 Å². The number of nitrogens with zero attached hydrogens (tertiary/aromatic N) is 1. The summed E-state index contributed by atoms with van der Waals surface area (Å²) in [5.41, 5.74) is 0. The van der Waals surface area contributed by atoms with Gasteiger partial charge in [-0.2, -0.15) is 5.26 Å². The van der Waals surface area contributed by atoms with E-state index in [4.69, 9.17) is 5.26 Å². The number of rotatable bonds is 6. The third-order valence-corrected chi connectivity index (χ3v) is 3.84. The van der Waals surface area contributed by atoms with Gasteiger partial charge in [-0.05, 0) is 31.4 Å². The van der Waals surface area contributed by atoms with E-state index >= 15 is 0 Å². The minimum Gasteiger partial charge on any atom is -0.309 e. The second kappa shape index (κ2) is 6.67. The predicted octanol–water partition coefficient (Wildman–Crippen LogP) is 3.53. The van der Waals surface area contributed by atoms with Crippen LogP contribution in [0.15, 0.2) is 12.1 Å². The monoisotopic (exact) mass is 236 g/mol. The van der Waals surface area contributed by atoms with Crippen LogP contribution in [0.3, 0.4) is 0 Å². The molecule has 1 aromatic rings. The average Bonchev–Trinajstić information content (AvgIpc) is 2.74. The molecule has 0 bridgehead atoms. The third-order valence-electron chi connectivity index (χ3n) is 2.85. The Morgan fingerprint density at radius 3 is 2.75 bits per heavy atom. The van der Waals surface area contributed by atoms with E-state index in [1.165, 1.54) is 17.7 Å². The molecular formula is C13H20N2S. The van der Waals surface area contributed by atoms with E-state index < -0.39 is 0 Å². The minimum absolute atomic E-state index is 0.544. The van der Waals surface area contributed by atoms with Crippen molar-refractivity contribution >= 4 is 11.3 Å². The molecule has 16 heavy (non-hydrogen) atoms. The van der Waals surface area contributed by atoms with Crippen molar-refractivity contribution in [3.8, 4) is 6.07 Å². The van der Waals surface area contributed by atoms with Gasteiger partial charge in [0.05, 0.1) is 0 Å². The molecule has 0 amide bonds. The van der Waals surface area contributed by atoms with Crippen molar-refractivity contribution in [2.24, 2.45) is 5.92 Å². The Morgan fingerprint density at radius 2 is 2.19 bits per heavy atom. The van der Waals surface area contributed by atoms with Crippen LogP contribution in [0.1, 0.15) is 43.4 Å². The number of hydrogen-bond donors (Lipinski definition) is 1. The van der Waals surface area contributed by atoms with Crippen LogP contribution >= 0.6 is 11.3 Å². The highest BCUT2D eigenvalue weighted by Gasteiger charge is 2.07. The first-order valence-electron chi connectivity index (χ1n) is 5.87. The van der Waals surface area contributed by atoms with Crippen LogP contribution in [-0.2, 0) is 6.54 Å². The van der Waals surface area contributed by atoms with Crippen LogP contribution in [0, 0.1) is 17.2 Å². The summed E-state index contributed by atoms with van der Waals surface area (Å²) in [6.07, 6.45) is 2.45. The zero-order valence-electron chi connectivity index (χ0n) is 10.3. The summed E-state index contributed by atoms with van der Waals surface area (Å²) in [4.78, 5) is 2.04. The van der Waals surface area contributed by atoms with Crippen molar-refractivity contribution < 1.29 is 0 Å². The van der Waals surface area contributed by atoms with Gasteiger partial charge in [0.25, 0.3) is 0 Å². The molecule has 0 aromatic carbocycles. The third kappa shape index (κ3) is 4.34. The van der Waals surface area contributed by atoms with E-state index in [1.807, 2.05) is 12.1 Å². The molecule has 0 fully saturated rings. The topological polar surface area (TPSA) is 35.8 Å². The molecule has 0 saturated carbocycles. The molecule has 2 nitrogen and oxygen atoms in total. The molecule has 0 aliphatic carbocycles. The van der Waals surface area contributed by atoms with Crippen LogP contribution in [0.25, 0.3) is 0 Å². The summed E-state index contributed by atoms with van der Waals surface area (Å²) >= 11 is 1.58. The Bertz CT molecular complexity index is 351. The van der Waals surface area contributed by atoms with E-state index in [1.54, 1.807) is 11.3 Å². The molecule has 0 saturated heterocycles. The number of thiophene rings is 1. The fourth-order valence-electron chi connectivity index (χ4n) is 1.66. The largest absolute Gasteiger partial charge is 0.309 e. The Balaban J connectivity index is 2.31. The van der Waals surface area contributed by atoms with E-state index in [-0.39, 0.29) is 0 Å². The summed E-state index contributed by atoms with van der Waals surface area (Å²) < 4.78 is 0. The fraction of sp³-hybridized carbons (Fsp3) is 0.615. The van der Waals surface area contributed by atoms with Gasteiger partial charge in [-0.1, -0.05) is 20.3 Å². The van der Waals surface area contributed by atoms with Crippen molar-refractivity contribution in [1.82, 2.24) is 5.32 Å². The van der Waals surface area contributed by atoms with Gasteiger partial charge < -0.3 is 5.32 Å².